The minimum absolute atomic E-state index is 0.292. The van der Waals surface area contributed by atoms with Gasteiger partial charge in [-0.2, -0.15) is 0 Å². The standard InChI is InChI=1S/C15H20N4/c1-12(14-5-3-2-4-6-14)19-11-17-18-15(19)9-13-7-8-16-10-13/h2-6,11-13,16H,7-10H2,1H3. The summed E-state index contributed by atoms with van der Waals surface area (Å²) in [5.74, 6) is 1.80. The molecule has 1 aliphatic heterocycles. The summed E-state index contributed by atoms with van der Waals surface area (Å²) in [6.45, 7) is 4.44. The lowest BCUT2D eigenvalue weighted by Gasteiger charge is -2.17. The Morgan fingerprint density at radius 2 is 2.21 bits per heavy atom. The Morgan fingerprint density at radius 3 is 2.95 bits per heavy atom. The van der Waals surface area contributed by atoms with Gasteiger partial charge in [-0.15, -0.1) is 10.2 Å². The molecular formula is C15H20N4. The third-order valence-electron chi connectivity index (χ3n) is 3.98. The molecular weight excluding hydrogens is 236 g/mol. The lowest BCUT2D eigenvalue weighted by Crippen LogP contribution is -2.16. The van der Waals surface area contributed by atoms with Crippen LogP contribution >= 0.6 is 0 Å². The first-order valence-electron chi connectivity index (χ1n) is 6.98. The van der Waals surface area contributed by atoms with Crippen LogP contribution < -0.4 is 5.32 Å². The summed E-state index contributed by atoms with van der Waals surface area (Å²) in [5.41, 5.74) is 1.30. The molecule has 3 rings (SSSR count). The van der Waals surface area contributed by atoms with Crippen molar-refractivity contribution in [2.45, 2.75) is 25.8 Å². The second-order valence-electron chi connectivity index (χ2n) is 5.30. The van der Waals surface area contributed by atoms with E-state index in [1.165, 1.54) is 12.0 Å². The van der Waals surface area contributed by atoms with Crippen molar-refractivity contribution in [2.75, 3.05) is 13.1 Å². The summed E-state index contributed by atoms with van der Waals surface area (Å²) >= 11 is 0. The molecule has 19 heavy (non-hydrogen) atoms. The maximum absolute atomic E-state index is 4.31. The van der Waals surface area contributed by atoms with Crippen LogP contribution in [0.4, 0.5) is 0 Å². The molecule has 100 valence electrons. The van der Waals surface area contributed by atoms with Gasteiger partial charge in [0.25, 0.3) is 0 Å². The molecule has 0 saturated carbocycles. The smallest absolute Gasteiger partial charge is 0.133 e. The van der Waals surface area contributed by atoms with Gasteiger partial charge in [0.2, 0.25) is 0 Å². The zero-order valence-electron chi connectivity index (χ0n) is 11.3. The van der Waals surface area contributed by atoms with Crippen molar-refractivity contribution in [3.05, 3.63) is 48.0 Å². The number of benzene rings is 1. The largest absolute Gasteiger partial charge is 0.316 e. The van der Waals surface area contributed by atoms with Crippen LogP contribution in [0.1, 0.15) is 30.8 Å². The van der Waals surface area contributed by atoms with Gasteiger partial charge in [-0.05, 0) is 37.9 Å². The van der Waals surface area contributed by atoms with E-state index in [1.807, 2.05) is 12.4 Å². The highest BCUT2D eigenvalue weighted by Gasteiger charge is 2.19. The zero-order valence-corrected chi connectivity index (χ0v) is 11.3. The molecule has 1 aliphatic rings. The predicted octanol–water partition coefficient (Wildman–Crippen LogP) is 2.04. The quantitative estimate of drug-likeness (QED) is 0.910. The van der Waals surface area contributed by atoms with Crippen LogP contribution in [0.25, 0.3) is 0 Å². The minimum atomic E-state index is 0.292. The van der Waals surface area contributed by atoms with Crippen LogP contribution in [0, 0.1) is 5.92 Å². The molecule has 4 heteroatoms. The number of hydrogen-bond acceptors (Lipinski definition) is 3. The SMILES string of the molecule is CC(c1ccccc1)n1cnnc1CC1CCNC1. The van der Waals surface area contributed by atoms with E-state index in [0.717, 1.165) is 25.3 Å². The maximum atomic E-state index is 4.31. The normalized spacial score (nSPS) is 20.6. The van der Waals surface area contributed by atoms with Crippen LogP contribution in [0.15, 0.2) is 36.7 Å². The molecule has 0 aliphatic carbocycles. The van der Waals surface area contributed by atoms with Crippen molar-refractivity contribution in [2.24, 2.45) is 5.92 Å². The zero-order chi connectivity index (χ0) is 13.1. The molecule has 1 fully saturated rings. The van der Waals surface area contributed by atoms with Crippen LogP contribution in [0.3, 0.4) is 0 Å². The fourth-order valence-electron chi connectivity index (χ4n) is 2.78. The van der Waals surface area contributed by atoms with Gasteiger partial charge < -0.3 is 9.88 Å². The predicted molar refractivity (Wildman–Crippen MR) is 75.0 cm³/mol. The summed E-state index contributed by atoms with van der Waals surface area (Å²) in [6.07, 6.45) is 4.12. The third kappa shape index (κ3) is 2.68. The van der Waals surface area contributed by atoms with Crippen LogP contribution in [-0.2, 0) is 6.42 Å². The van der Waals surface area contributed by atoms with Crippen molar-refractivity contribution < 1.29 is 0 Å². The van der Waals surface area contributed by atoms with Gasteiger partial charge in [0.05, 0.1) is 6.04 Å². The number of nitrogens with one attached hydrogen (secondary N) is 1. The van der Waals surface area contributed by atoms with E-state index in [4.69, 9.17) is 0 Å². The Morgan fingerprint density at radius 1 is 1.37 bits per heavy atom. The average Bonchev–Trinajstić information content (AvgIpc) is 3.11. The van der Waals surface area contributed by atoms with Gasteiger partial charge in [-0.1, -0.05) is 30.3 Å². The van der Waals surface area contributed by atoms with Crippen LogP contribution in [0.5, 0.6) is 0 Å². The minimum Gasteiger partial charge on any atom is -0.316 e. The second-order valence-corrected chi connectivity index (χ2v) is 5.30. The molecule has 0 radical (unpaired) electrons. The van der Waals surface area contributed by atoms with E-state index in [1.54, 1.807) is 0 Å². The van der Waals surface area contributed by atoms with Crippen molar-refractivity contribution >= 4 is 0 Å². The highest BCUT2D eigenvalue weighted by Crippen LogP contribution is 2.21. The van der Waals surface area contributed by atoms with Crippen molar-refractivity contribution in [3.8, 4) is 0 Å². The summed E-state index contributed by atoms with van der Waals surface area (Å²) < 4.78 is 2.20. The molecule has 2 atom stereocenters. The molecule has 0 bridgehead atoms. The molecule has 2 heterocycles. The molecule has 2 aromatic rings. The highest BCUT2D eigenvalue weighted by molar-refractivity contribution is 5.19. The number of rotatable bonds is 4. The highest BCUT2D eigenvalue weighted by atomic mass is 15.3. The van der Waals surface area contributed by atoms with E-state index >= 15 is 0 Å². The Hall–Kier alpha value is -1.68. The van der Waals surface area contributed by atoms with E-state index in [9.17, 15) is 0 Å². The van der Waals surface area contributed by atoms with Gasteiger partial charge in [-0.3, -0.25) is 0 Å². The van der Waals surface area contributed by atoms with E-state index in [0.29, 0.717) is 12.0 Å². The summed E-state index contributed by atoms with van der Waals surface area (Å²) in [6, 6.07) is 10.8. The fraction of sp³-hybridized carbons (Fsp3) is 0.467. The number of aromatic nitrogens is 3. The summed E-state index contributed by atoms with van der Waals surface area (Å²) in [5, 5.41) is 11.8. The van der Waals surface area contributed by atoms with Crippen molar-refractivity contribution in [1.29, 1.82) is 0 Å². The molecule has 1 N–H and O–H groups in total. The van der Waals surface area contributed by atoms with E-state index in [-0.39, 0.29) is 0 Å². The first kappa shape index (κ1) is 12.4. The topological polar surface area (TPSA) is 42.7 Å². The van der Waals surface area contributed by atoms with Crippen molar-refractivity contribution in [3.63, 3.8) is 0 Å². The lowest BCUT2D eigenvalue weighted by atomic mass is 10.0. The molecule has 0 spiro atoms. The molecule has 0 amide bonds. The van der Waals surface area contributed by atoms with Gasteiger partial charge in [0.15, 0.2) is 0 Å². The van der Waals surface area contributed by atoms with Crippen molar-refractivity contribution in [1.82, 2.24) is 20.1 Å². The Kier molecular flexibility index (Phi) is 3.60. The third-order valence-corrected chi connectivity index (χ3v) is 3.98. The van der Waals surface area contributed by atoms with Gasteiger partial charge in [0, 0.05) is 6.42 Å². The van der Waals surface area contributed by atoms with E-state index < -0.39 is 0 Å². The van der Waals surface area contributed by atoms with Gasteiger partial charge >= 0.3 is 0 Å². The second kappa shape index (κ2) is 5.53. The Balaban J connectivity index is 1.79. The summed E-state index contributed by atoms with van der Waals surface area (Å²) in [7, 11) is 0. The fourth-order valence-corrected chi connectivity index (χ4v) is 2.78. The average molecular weight is 256 g/mol. The van der Waals surface area contributed by atoms with Crippen LogP contribution in [0.2, 0.25) is 0 Å². The Bertz CT molecular complexity index is 514. The maximum Gasteiger partial charge on any atom is 0.133 e. The van der Waals surface area contributed by atoms with Gasteiger partial charge in [0.1, 0.15) is 12.2 Å². The Labute approximate surface area is 113 Å². The molecule has 1 saturated heterocycles. The van der Waals surface area contributed by atoms with Crippen LogP contribution in [-0.4, -0.2) is 27.9 Å². The number of hydrogen-bond donors (Lipinski definition) is 1. The first-order valence-corrected chi connectivity index (χ1v) is 6.98. The molecule has 2 unspecified atom stereocenters. The monoisotopic (exact) mass is 256 g/mol. The van der Waals surface area contributed by atoms with E-state index in [2.05, 4.69) is 51.3 Å². The lowest BCUT2D eigenvalue weighted by molar-refractivity contribution is 0.518. The molecule has 1 aromatic carbocycles. The van der Waals surface area contributed by atoms with Gasteiger partial charge in [-0.25, -0.2) is 0 Å². The molecule has 1 aromatic heterocycles. The summed E-state index contributed by atoms with van der Waals surface area (Å²) in [4.78, 5) is 0. The molecule has 4 nitrogen and oxygen atoms in total. The first-order chi connectivity index (χ1) is 9.34. The number of nitrogens with zero attached hydrogens (tertiary/aromatic N) is 3.